The minimum atomic E-state index is -4.37. The summed E-state index contributed by atoms with van der Waals surface area (Å²) in [6.07, 6.45) is 2.68. The van der Waals surface area contributed by atoms with E-state index in [0.29, 0.717) is 11.1 Å². The molecule has 0 aliphatic carbocycles. The monoisotopic (exact) mass is 430 g/mol. The van der Waals surface area contributed by atoms with Crippen molar-refractivity contribution >= 4 is 32.4 Å². The first-order valence-electron chi connectivity index (χ1n) is 6.46. The molecule has 9 heteroatoms. The van der Waals surface area contributed by atoms with Crippen molar-refractivity contribution in [1.29, 1.82) is 0 Å². The molecule has 2 rings (SSSR count). The largest absolute Gasteiger partial charge is 2.00 e. The molecule has 2 aromatic carbocycles. The van der Waals surface area contributed by atoms with Crippen LogP contribution in [0.25, 0.3) is 12.2 Å². The van der Waals surface area contributed by atoms with Crippen LogP contribution < -0.4 is 0 Å². The van der Waals surface area contributed by atoms with E-state index in [-0.39, 0.29) is 29.3 Å². The van der Waals surface area contributed by atoms with Gasteiger partial charge in [-0.25, -0.2) is 16.8 Å². The van der Waals surface area contributed by atoms with Gasteiger partial charge in [-0.3, -0.25) is 0 Å². The first-order valence-corrected chi connectivity index (χ1v) is 9.27. The molecule has 0 spiro atoms. The second kappa shape index (κ2) is 9.74. The molecule has 0 fully saturated rings. The van der Waals surface area contributed by atoms with Gasteiger partial charge in [-0.2, -0.15) is 0 Å². The van der Waals surface area contributed by atoms with Crippen LogP contribution in [0, 0.1) is 0 Å². The van der Waals surface area contributed by atoms with E-state index in [1.807, 2.05) is 0 Å². The number of benzene rings is 2. The maximum atomic E-state index is 10.6. The summed E-state index contributed by atoms with van der Waals surface area (Å²) in [5, 5.41) is 0. The molecule has 0 saturated carbocycles. The Balaban J connectivity index is 0.000000443. The predicted molar refractivity (Wildman–Crippen MR) is 89.0 cm³/mol. The fraction of sp³-hybridized carbons (Fsp3) is 0. The normalized spacial score (nSPS) is 10.6. The molecule has 0 radical (unpaired) electrons. The Labute approximate surface area is 160 Å². The molecule has 0 atom stereocenters. The van der Waals surface area contributed by atoms with Gasteiger partial charge in [-0.15, -0.1) is 0 Å². The molecule has 2 aromatic rings. The molecule has 0 N–H and O–H groups in total. The maximum Gasteiger partial charge on any atom is 2.00 e. The molecular formula is C16H14O6S2Zn. The molecule has 0 saturated heterocycles. The minimum Gasteiger partial charge on any atom is -0.744 e. The van der Waals surface area contributed by atoms with Gasteiger partial charge in [0.05, 0.1) is 9.79 Å². The van der Waals surface area contributed by atoms with E-state index in [1.165, 1.54) is 48.6 Å². The van der Waals surface area contributed by atoms with Crippen LogP contribution in [-0.2, 0) is 39.7 Å². The molecule has 25 heavy (non-hydrogen) atoms. The summed E-state index contributed by atoms with van der Waals surface area (Å²) in [6, 6.07) is 11.9. The summed E-state index contributed by atoms with van der Waals surface area (Å²) in [7, 11) is -8.73. The van der Waals surface area contributed by atoms with Gasteiger partial charge in [0.25, 0.3) is 0 Å². The zero-order valence-electron chi connectivity index (χ0n) is 13.2. The molecule has 0 heterocycles. The Hall–Kier alpha value is -1.64. The number of rotatable bonds is 4. The quantitative estimate of drug-likeness (QED) is 0.542. The second-order valence-electron chi connectivity index (χ2n) is 4.39. The van der Waals surface area contributed by atoms with Gasteiger partial charge in [0.1, 0.15) is 20.2 Å². The van der Waals surface area contributed by atoms with Crippen LogP contribution in [0.4, 0.5) is 0 Å². The van der Waals surface area contributed by atoms with Crippen molar-refractivity contribution in [2.45, 2.75) is 9.79 Å². The first kappa shape index (κ1) is 23.4. The minimum absolute atomic E-state index is 0. The standard InChI is InChI=1S/2C8H8O3S.Zn/c2*1-2-7-5-3-4-6-8(7)12(9,10)11;/h2*2-6H,1H2,(H,9,10,11);/q;;+2/p-2. The van der Waals surface area contributed by atoms with Gasteiger partial charge >= 0.3 is 19.5 Å². The van der Waals surface area contributed by atoms with Crippen molar-refractivity contribution in [2.75, 3.05) is 0 Å². The molecule has 0 aromatic heterocycles. The number of hydrogen-bond acceptors (Lipinski definition) is 6. The smallest absolute Gasteiger partial charge is 0.744 e. The molecule has 128 valence electrons. The van der Waals surface area contributed by atoms with E-state index < -0.39 is 20.2 Å². The molecule has 0 aliphatic rings. The maximum absolute atomic E-state index is 10.6. The van der Waals surface area contributed by atoms with Gasteiger partial charge in [-0.05, 0) is 23.3 Å². The zero-order valence-corrected chi connectivity index (χ0v) is 17.8. The van der Waals surface area contributed by atoms with Crippen LogP contribution in [0.15, 0.2) is 71.5 Å². The Kier molecular flexibility index (Phi) is 9.11. The Morgan fingerprint density at radius 1 is 0.680 bits per heavy atom. The van der Waals surface area contributed by atoms with Gasteiger partial charge in [0, 0.05) is 0 Å². The Morgan fingerprint density at radius 2 is 0.960 bits per heavy atom. The summed E-state index contributed by atoms with van der Waals surface area (Å²) in [4.78, 5) is -0.444. The average molecular weight is 432 g/mol. The van der Waals surface area contributed by atoms with Crippen LogP contribution in [-0.4, -0.2) is 25.9 Å². The van der Waals surface area contributed by atoms with Crippen molar-refractivity contribution < 1.29 is 45.4 Å². The van der Waals surface area contributed by atoms with Crippen LogP contribution in [0.5, 0.6) is 0 Å². The molecule has 6 nitrogen and oxygen atoms in total. The van der Waals surface area contributed by atoms with Gasteiger partial charge in [0.15, 0.2) is 0 Å². The Morgan fingerprint density at radius 3 is 1.16 bits per heavy atom. The third-order valence-electron chi connectivity index (χ3n) is 2.82. The summed E-state index contributed by atoms with van der Waals surface area (Å²) >= 11 is 0. The summed E-state index contributed by atoms with van der Waals surface area (Å²) in [6.45, 7) is 6.80. The molecular weight excluding hydrogens is 418 g/mol. The van der Waals surface area contributed by atoms with Crippen LogP contribution >= 0.6 is 0 Å². The van der Waals surface area contributed by atoms with Crippen LogP contribution in [0.2, 0.25) is 0 Å². The number of hydrogen-bond donors (Lipinski definition) is 0. The summed E-state index contributed by atoms with van der Waals surface area (Å²) in [5.74, 6) is 0. The van der Waals surface area contributed by atoms with E-state index in [0.717, 1.165) is 0 Å². The molecule has 0 bridgehead atoms. The van der Waals surface area contributed by atoms with Crippen molar-refractivity contribution in [3.63, 3.8) is 0 Å². The SMILES string of the molecule is C=Cc1ccccc1S(=O)(=O)[O-].C=Cc1ccccc1S(=O)(=O)[O-].[Zn+2]. The third kappa shape index (κ3) is 7.01. The van der Waals surface area contributed by atoms with Crippen molar-refractivity contribution in [3.8, 4) is 0 Å². The molecule has 0 unspecified atom stereocenters. The van der Waals surface area contributed by atoms with Gasteiger partial charge < -0.3 is 9.11 Å². The zero-order chi connectivity index (χ0) is 18.4. The van der Waals surface area contributed by atoms with E-state index in [4.69, 9.17) is 0 Å². The third-order valence-corrected chi connectivity index (χ3v) is 4.64. The van der Waals surface area contributed by atoms with Crippen molar-refractivity contribution in [3.05, 3.63) is 72.8 Å². The average Bonchev–Trinajstić information content (AvgIpc) is 2.53. The van der Waals surface area contributed by atoms with E-state index >= 15 is 0 Å². The van der Waals surface area contributed by atoms with Gasteiger partial charge in [-0.1, -0.05) is 61.7 Å². The van der Waals surface area contributed by atoms with Crippen molar-refractivity contribution in [2.24, 2.45) is 0 Å². The van der Waals surface area contributed by atoms with Crippen LogP contribution in [0.3, 0.4) is 0 Å². The van der Waals surface area contributed by atoms with E-state index in [2.05, 4.69) is 13.2 Å². The van der Waals surface area contributed by atoms with E-state index in [1.54, 1.807) is 12.1 Å². The topological polar surface area (TPSA) is 114 Å². The summed E-state index contributed by atoms with van der Waals surface area (Å²) < 4.78 is 63.7. The van der Waals surface area contributed by atoms with Crippen molar-refractivity contribution in [1.82, 2.24) is 0 Å². The fourth-order valence-corrected chi connectivity index (χ4v) is 3.12. The van der Waals surface area contributed by atoms with Crippen LogP contribution in [0.1, 0.15) is 11.1 Å². The molecule has 0 amide bonds. The van der Waals surface area contributed by atoms with E-state index in [9.17, 15) is 25.9 Å². The second-order valence-corrected chi connectivity index (χ2v) is 7.09. The fourth-order valence-electron chi connectivity index (χ4n) is 1.75. The Bertz CT molecular complexity index is 871. The first-order chi connectivity index (χ1) is 11.1. The van der Waals surface area contributed by atoms with Gasteiger partial charge in [0.2, 0.25) is 0 Å². The summed E-state index contributed by atoms with van der Waals surface area (Å²) in [5.41, 5.74) is 0.681. The predicted octanol–water partition coefficient (Wildman–Crippen LogP) is 2.46. The molecule has 0 aliphatic heterocycles.